The highest BCUT2D eigenvalue weighted by Gasteiger charge is 2.35. The van der Waals surface area contributed by atoms with E-state index in [9.17, 15) is 0 Å². The summed E-state index contributed by atoms with van der Waals surface area (Å²) in [5, 5.41) is 2.04. The Balaban J connectivity index is 1.06. The predicted molar refractivity (Wildman–Crippen MR) is 266 cm³/mol. The second-order valence-corrected chi connectivity index (χ2v) is 18.0. The van der Waals surface area contributed by atoms with E-state index in [1.165, 1.54) is 22.3 Å². The highest BCUT2D eigenvalue weighted by Crippen LogP contribution is 2.53. The third kappa shape index (κ3) is 4.96. The summed E-state index contributed by atoms with van der Waals surface area (Å²) in [6.45, 7) is 4.54. The summed E-state index contributed by atoms with van der Waals surface area (Å²) in [5.74, 6) is 2.91. The van der Waals surface area contributed by atoms with Crippen LogP contribution in [0.1, 0.15) is 25.0 Å². The number of hydrogen-bond acceptors (Lipinski definition) is 6. The summed E-state index contributed by atoms with van der Waals surface area (Å²) >= 11 is 0. The molecule has 0 spiro atoms. The van der Waals surface area contributed by atoms with Crippen LogP contribution in [0.2, 0.25) is 0 Å². The lowest BCUT2D eigenvalue weighted by Gasteiger charge is -2.33. The van der Waals surface area contributed by atoms with Gasteiger partial charge < -0.3 is 23.7 Å². The van der Waals surface area contributed by atoms with Crippen LogP contribution in [-0.4, -0.2) is 4.40 Å². The Morgan fingerprint density at radius 2 is 0.833 bits per heavy atom. The number of hydrogen-bond donors (Lipinski definition) is 0. The van der Waals surface area contributed by atoms with Crippen LogP contribution >= 0.6 is 0 Å². The molecule has 4 heterocycles. The van der Waals surface area contributed by atoms with Crippen molar-refractivity contribution in [3.63, 3.8) is 0 Å². The van der Waals surface area contributed by atoms with Gasteiger partial charge in [0.15, 0.2) is 33.9 Å². The maximum atomic E-state index is 15.4. The summed E-state index contributed by atoms with van der Waals surface area (Å²) in [6.07, 6.45) is 0. The van der Waals surface area contributed by atoms with Crippen molar-refractivity contribution in [3.05, 3.63) is 220 Å². The zero-order valence-corrected chi connectivity index (χ0v) is 35.9. The van der Waals surface area contributed by atoms with Gasteiger partial charge in [-0.15, -0.1) is 0 Å². The molecule has 0 saturated carbocycles. The van der Waals surface area contributed by atoms with Gasteiger partial charge in [0.25, 0.3) is 0 Å². The van der Waals surface area contributed by atoms with E-state index in [0.29, 0.717) is 38.1 Å². The molecule has 0 unspecified atom stereocenters. The maximum Gasteiger partial charge on any atom is 0.197 e. The second-order valence-electron chi connectivity index (χ2n) is 18.0. The average Bonchev–Trinajstić information content (AvgIpc) is 3.59. The molecule has 7 heteroatoms. The molecule has 0 bridgehead atoms. The zero-order chi connectivity index (χ0) is 44.0. The Morgan fingerprint density at radius 1 is 0.394 bits per heavy atom. The fourth-order valence-electron chi connectivity index (χ4n) is 11.0. The molecule has 11 aromatic rings. The number of fused-ring (bicyclic) bond motifs is 11. The van der Waals surface area contributed by atoms with Gasteiger partial charge in [0.2, 0.25) is 0 Å². The summed E-state index contributed by atoms with van der Waals surface area (Å²) in [7, 11) is 0. The lowest BCUT2D eigenvalue weighted by atomic mass is 9.82. The molecule has 0 radical (unpaired) electrons. The van der Waals surface area contributed by atoms with Gasteiger partial charge in [0, 0.05) is 38.3 Å². The molecule has 3 aliphatic rings. The lowest BCUT2D eigenvalue weighted by molar-refractivity contribution is 0.477. The minimum atomic E-state index is -0.162. The molecule has 14 rings (SSSR count). The zero-order valence-electron chi connectivity index (χ0n) is 35.9. The Labute approximate surface area is 378 Å². The fraction of sp³-hybridized carbons (Fsp3) is 0.0508. The van der Waals surface area contributed by atoms with E-state index in [4.69, 9.17) is 9.47 Å². The van der Waals surface area contributed by atoms with Crippen LogP contribution < -0.4 is 30.1 Å². The molecular weight excluding hydrogens is 815 g/mol. The van der Waals surface area contributed by atoms with E-state index in [2.05, 4.69) is 82.6 Å². The van der Waals surface area contributed by atoms with E-state index in [-0.39, 0.29) is 16.3 Å². The van der Waals surface area contributed by atoms with Crippen LogP contribution in [0.3, 0.4) is 0 Å². The second kappa shape index (κ2) is 13.2. The average molecular weight is 852 g/mol. The Bertz CT molecular complexity index is 3760. The first-order valence-corrected chi connectivity index (χ1v) is 22.2. The number of nitrogens with zero attached hydrogens (tertiary/aromatic N) is 3. The van der Waals surface area contributed by atoms with Crippen LogP contribution in [0.25, 0.3) is 60.3 Å². The Hall–Kier alpha value is -8.68. The molecule has 0 saturated heterocycles. The number of rotatable bonds is 3. The number of pyridine rings is 2. The Morgan fingerprint density at radius 3 is 1.33 bits per heavy atom. The van der Waals surface area contributed by atoms with Crippen LogP contribution in [0, 0.1) is 0 Å². The number of para-hydroxylation sites is 8. The fourth-order valence-corrected chi connectivity index (χ4v) is 11.0. The summed E-state index contributed by atoms with van der Waals surface area (Å²) in [6, 6.07) is 63.1. The van der Waals surface area contributed by atoms with Crippen molar-refractivity contribution in [1.29, 1.82) is 0 Å². The molecular formula is C59H37N3O4. The van der Waals surface area contributed by atoms with E-state index in [1.807, 2.05) is 133 Å². The first-order chi connectivity index (χ1) is 32.3. The van der Waals surface area contributed by atoms with E-state index < -0.39 is 0 Å². The van der Waals surface area contributed by atoms with Crippen molar-refractivity contribution in [2.75, 3.05) is 9.80 Å². The number of ether oxygens (including phenoxy) is 2. The largest absolute Gasteiger partial charge is 0.453 e. The quantitative estimate of drug-likeness (QED) is 0.130. The minimum absolute atomic E-state index is 0.141. The molecule has 7 nitrogen and oxygen atoms in total. The normalized spacial score (nSPS) is 14.0. The topological polar surface area (TPSA) is 63.5 Å². The molecule has 66 heavy (non-hydrogen) atoms. The molecule has 0 fully saturated rings. The van der Waals surface area contributed by atoms with Gasteiger partial charge in [0.05, 0.1) is 39.3 Å². The lowest BCUT2D eigenvalue weighted by Crippen LogP contribution is -2.18. The van der Waals surface area contributed by atoms with Crippen LogP contribution in [0.4, 0.5) is 34.1 Å². The summed E-state index contributed by atoms with van der Waals surface area (Å²) < 4.78 is 14.8. The van der Waals surface area contributed by atoms with Crippen molar-refractivity contribution in [2.24, 2.45) is 0 Å². The smallest absolute Gasteiger partial charge is 0.197 e. The van der Waals surface area contributed by atoms with Gasteiger partial charge in [-0.1, -0.05) is 98.8 Å². The monoisotopic (exact) mass is 851 g/mol. The van der Waals surface area contributed by atoms with Crippen molar-refractivity contribution in [2.45, 2.75) is 19.3 Å². The molecule has 2 aromatic heterocycles. The maximum absolute atomic E-state index is 15.4. The molecule has 9 aromatic carbocycles. The van der Waals surface area contributed by atoms with Gasteiger partial charge in [-0.2, -0.15) is 0 Å². The van der Waals surface area contributed by atoms with Crippen molar-refractivity contribution < 1.29 is 9.47 Å². The molecule has 312 valence electrons. The van der Waals surface area contributed by atoms with E-state index in [1.54, 1.807) is 0 Å². The van der Waals surface area contributed by atoms with E-state index in [0.717, 1.165) is 68.2 Å². The van der Waals surface area contributed by atoms with Crippen LogP contribution in [0.15, 0.2) is 198 Å². The third-order valence-corrected chi connectivity index (χ3v) is 14.1. The minimum Gasteiger partial charge on any atom is -0.453 e. The van der Waals surface area contributed by atoms with Gasteiger partial charge >= 0.3 is 0 Å². The van der Waals surface area contributed by atoms with Gasteiger partial charge in [-0.05, 0) is 137 Å². The standard InChI is InChI=1S/C59H37N3O4/c1-59(2)44-14-4-3-13-38(44)39-29-34(23-26-45(39)59)35-30-42-56-43(31-35)58(64)41-33-37(61-50-17-7-11-21-54(50)66-55-22-12-8-18-51(55)61)25-28-47(41)62(56)46-27-24-36(32-40(46)57(42)63)60-48-15-5-9-19-52(48)65-53-20-10-6-16-49(53)60/h3-33H,1-2H3. The molecule has 2 aliphatic heterocycles. The number of benzene rings is 9. The van der Waals surface area contributed by atoms with Crippen molar-refractivity contribution >= 4 is 72.2 Å². The van der Waals surface area contributed by atoms with Crippen LogP contribution in [-0.2, 0) is 5.41 Å². The predicted octanol–water partition coefficient (Wildman–Crippen LogP) is 14.7. The highest BCUT2D eigenvalue weighted by atomic mass is 16.5. The molecule has 0 N–H and O–H groups in total. The highest BCUT2D eigenvalue weighted by molar-refractivity contribution is 6.11. The summed E-state index contributed by atoms with van der Waals surface area (Å²) in [5.41, 5.74) is 13.4. The van der Waals surface area contributed by atoms with Crippen molar-refractivity contribution in [3.8, 4) is 45.3 Å². The van der Waals surface area contributed by atoms with Gasteiger partial charge in [-0.25, -0.2) is 0 Å². The number of anilines is 6. The SMILES string of the molecule is CC1(C)c2ccccc2-c2cc(-c3cc4c(=O)c5cc(N6c7ccccc7Oc7ccccc76)ccc5n5c6ccc(N7c8ccccc8Oc8ccccc87)cc6c(=O)c(c3)c45)ccc21. The van der Waals surface area contributed by atoms with Gasteiger partial charge in [-0.3, -0.25) is 9.59 Å². The molecule has 0 atom stereocenters. The Kier molecular flexibility index (Phi) is 7.35. The van der Waals surface area contributed by atoms with Crippen LogP contribution in [0.5, 0.6) is 23.0 Å². The molecule has 1 aliphatic carbocycles. The first-order valence-electron chi connectivity index (χ1n) is 22.2. The number of aromatic nitrogens is 1. The first kappa shape index (κ1) is 36.8. The molecule has 0 amide bonds. The van der Waals surface area contributed by atoms with Gasteiger partial charge in [0.1, 0.15) is 0 Å². The third-order valence-electron chi connectivity index (χ3n) is 14.1. The van der Waals surface area contributed by atoms with E-state index >= 15 is 9.59 Å². The van der Waals surface area contributed by atoms with Crippen molar-refractivity contribution in [1.82, 2.24) is 4.40 Å². The summed E-state index contributed by atoms with van der Waals surface area (Å²) in [4.78, 5) is 35.1.